The molecule has 0 spiro atoms. The van der Waals surface area contributed by atoms with Gasteiger partial charge in [-0.3, -0.25) is 15.0 Å². The number of hydrogen-bond acceptors (Lipinski definition) is 5. The van der Waals surface area contributed by atoms with Crippen LogP contribution >= 0.6 is 0 Å². The number of piperazine rings is 1. The number of aryl methyl sites for hydroxylation is 2. The van der Waals surface area contributed by atoms with Crippen LogP contribution in [0.3, 0.4) is 0 Å². The second-order valence-electron chi connectivity index (χ2n) is 6.40. The molecule has 3 aromatic rings. The molecule has 1 aromatic carbocycles. The summed E-state index contributed by atoms with van der Waals surface area (Å²) in [4.78, 5) is 13.8. The lowest BCUT2D eigenvalue weighted by molar-refractivity contribution is 0.244. The van der Waals surface area contributed by atoms with Crippen molar-refractivity contribution >= 4 is 16.6 Å². The van der Waals surface area contributed by atoms with E-state index in [0.717, 1.165) is 49.9 Å². The Morgan fingerprint density at radius 1 is 1.08 bits per heavy atom. The van der Waals surface area contributed by atoms with Gasteiger partial charge in [-0.2, -0.15) is 5.10 Å². The number of aromatic amines is 1. The first-order chi connectivity index (χ1) is 11.7. The fourth-order valence-electron chi connectivity index (χ4n) is 3.39. The molecule has 1 aliphatic rings. The molecule has 6 nitrogen and oxygen atoms in total. The fraction of sp³-hybridized carbons (Fsp3) is 0.389. The lowest BCUT2D eigenvalue weighted by Gasteiger charge is -2.36. The molecule has 0 radical (unpaired) electrons. The topological polar surface area (TPSA) is 60.9 Å². The Labute approximate surface area is 141 Å². The average molecular weight is 322 g/mol. The minimum absolute atomic E-state index is 0.814. The van der Waals surface area contributed by atoms with Crippen LogP contribution in [0.5, 0.6) is 0 Å². The van der Waals surface area contributed by atoms with Gasteiger partial charge in [-0.1, -0.05) is 18.2 Å². The summed E-state index contributed by atoms with van der Waals surface area (Å²) >= 11 is 0. The van der Waals surface area contributed by atoms with Crippen LogP contribution in [0.2, 0.25) is 0 Å². The van der Waals surface area contributed by atoms with Crippen LogP contribution < -0.4 is 4.90 Å². The predicted molar refractivity (Wildman–Crippen MR) is 95.1 cm³/mol. The van der Waals surface area contributed by atoms with Crippen LogP contribution in [0.1, 0.15) is 17.2 Å². The molecule has 124 valence electrons. The van der Waals surface area contributed by atoms with Gasteiger partial charge in [0.25, 0.3) is 0 Å². The Hall–Kier alpha value is -2.47. The molecule has 4 rings (SSSR count). The number of benzene rings is 1. The van der Waals surface area contributed by atoms with E-state index in [-0.39, 0.29) is 0 Å². The summed E-state index contributed by atoms with van der Waals surface area (Å²) in [5.74, 6) is 1.76. The largest absolute Gasteiger partial charge is 0.368 e. The minimum atomic E-state index is 0.814. The smallest absolute Gasteiger partial charge is 0.164 e. The first kappa shape index (κ1) is 15.1. The normalized spacial score (nSPS) is 16.0. The molecule has 24 heavy (non-hydrogen) atoms. The molecule has 0 unspecified atom stereocenters. The number of nitrogens with one attached hydrogen (secondary N) is 1. The maximum Gasteiger partial charge on any atom is 0.164 e. The minimum Gasteiger partial charge on any atom is -0.368 e. The zero-order valence-corrected chi connectivity index (χ0v) is 14.2. The van der Waals surface area contributed by atoms with E-state index in [2.05, 4.69) is 61.2 Å². The SMILES string of the molecule is Cc1nc(CN2CCN(c3ccnc4c(C)cccc34)CC2)n[nH]1. The summed E-state index contributed by atoms with van der Waals surface area (Å²) < 4.78 is 0. The number of hydrogen-bond donors (Lipinski definition) is 1. The van der Waals surface area contributed by atoms with E-state index >= 15 is 0 Å². The van der Waals surface area contributed by atoms with E-state index in [1.54, 1.807) is 0 Å². The zero-order valence-electron chi connectivity index (χ0n) is 14.2. The van der Waals surface area contributed by atoms with Gasteiger partial charge in [0.2, 0.25) is 0 Å². The molecule has 0 atom stereocenters. The van der Waals surface area contributed by atoms with Gasteiger partial charge in [0, 0.05) is 43.4 Å². The second-order valence-corrected chi connectivity index (χ2v) is 6.40. The van der Waals surface area contributed by atoms with Gasteiger partial charge in [0.15, 0.2) is 5.82 Å². The molecule has 1 fully saturated rings. The average Bonchev–Trinajstić information content (AvgIpc) is 3.01. The lowest BCUT2D eigenvalue weighted by atomic mass is 10.1. The molecule has 0 saturated carbocycles. The Bertz CT molecular complexity index is 848. The van der Waals surface area contributed by atoms with Crippen LogP contribution in [0.25, 0.3) is 10.9 Å². The van der Waals surface area contributed by atoms with Crippen LogP contribution in [-0.2, 0) is 6.54 Å². The standard InChI is InChI=1S/C18H22N6/c1-13-4-3-5-15-16(6-7-19-18(13)15)24-10-8-23(9-11-24)12-17-20-14(2)21-22-17/h3-7H,8-12H2,1-2H3,(H,20,21,22). The molecule has 6 heteroatoms. The summed E-state index contributed by atoms with van der Waals surface area (Å²) in [6.45, 7) is 8.93. The molecule has 2 aromatic heterocycles. The number of fused-ring (bicyclic) bond motifs is 1. The number of para-hydroxylation sites is 1. The van der Waals surface area contributed by atoms with E-state index in [1.807, 2.05) is 13.1 Å². The molecule has 0 amide bonds. The number of rotatable bonds is 3. The summed E-state index contributed by atoms with van der Waals surface area (Å²) in [6.07, 6.45) is 1.92. The van der Waals surface area contributed by atoms with Crippen molar-refractivity contribution in [2.75, 3.05) is 31.1 Å². The molecule has 0 aliphatic carbocycles. The van der Waals surface area contributed by atoms with E-state index in [4.69, 9.17) is 0 Å². The molecule has 0 bridgehead atoms. The van der Waals surface area contributed by atoms with Crippen molar-refractivity contribution in [3.8, 4) is 0 Å². The quantitative estimate of drug-likeness (QED) is 0.802. The Kier molecular flexibility index (Phi) is 3.90. The Morgan fingerprint density at radius 2 is 1.92 bits per heavy atom. The number of H-pyrrole nitrogens is 1. The molecular formula is C18H22N6. The summed E-state index contributed by atoms with van der Waals surface area (Å²) in [6, 6.07) is 8.55. The molecule has 1 aliphatic heterocycles. The lowest BCUT2D eigenvalue weighted by Crippen LogP contribution is -2.46. The second kappa shape index (κ2) is 6.20. The van der Waals surface area contributed by atoms with Crippen molar-refractivity contribution in [3.05, 3.63) is 47.7 Å². The first-order valence-corrected chi connectivity index (χ1v) is 8.40. The van der Waals surface area contributed by atoms with Crippen molar-refractivity contribution in [2.24, 2.45) is 0 Å². The van der Waals surface area contributed by atoms with Gasteiger partial charge in [-0.15, -0.1) is 0 Å². The van der Waals surface area contributed by atoms with Crippen molar-refractivity contribution in [1.82, 2.24) is 25.1 Å². The molecule has 1 saturated heterocycles. The number of anilines is 1. The van der Waals surface area contributed by atoms with Crippen molar-refractivity contribution in [2.45, 2.75) is 20.4 Å². The third-order valence-electron chi connectivity index (χ3n) is 4.67. The number of nitrogens with zero attached hydrogens (tertiary/aromatic N) is 5. The van der Waals surface area contributed by atoms with Gasteiger partial charge < -0.3 is 4.90 Å². The van der Waals surface area contributed by atoms with Gasteiger partial charge in [-0.05, 0) is 25.5 Å². The highest BCUT2D eigenvalue weighted by Gasteiger charge is 2.20. The summed E-state index contributed by atoms with van der Waals surface area (Å²) in [5, 5.41) is 8.40. The monoisotopic (exact) mass is 322 g/mol. The van der Waals surface area contributed by atoms with Gasteiger partial charge in [0.05, 0.1) is 12.1 Å². The van der Waals surface area contributed by atoms with Gasteiger partial charge >= 0.3 is 0 Å². The van der Waals surface area contributed by atoms with E-state index < -0.39 is 0 Å². The van der Waals surface area contributed by atoms with E-state index in [1.165, 1.54) is 16.6 Å². The number of pyridine rings is 1. The highest BCUT2D eigenvalue weighted by atomic mass is 15.3. The zero-order chi connectivity index (χ0) is 16.5. The Morgan fingerprint density at radius 3 is 2.67 bits per heavy atom. The van der Waals surface area contributed by atoms with Crippen LogP contribution in [0, 0.1) is 13.8 Å². The van der Waals surface area contributed by atoms with Gasteiger partial charge in [0.1, 0.15) is 5.82 Å². The first-order valence-electron chi connectivity index (χ1n) is 8.40. The third-order valence-corrected chi connectivity index (χ3v) is 4.67. The van der Waals surface area contributed by atoms with E-state index in [9.17, 15) is 0 Å². The fourth-order valence-corrected chi connectivity index (χ4v) is 3.39. The maximum absolute atomic E-state index is 4.55. The highest BCUT2D eigenvalue weighted by molar-refractivity contribution is 5.93. The molecule has 1 N–H and O–H groups in total. The summed E-state index contributed by atoms with van der Waals surface area (Å²) in [7, 11) is 0. The van der Waals surface area contributed by atoms with Crippen molar-refractivity contribution in [3.63, 3.8) is 0 Å². The predicted octanol–water partition coefficient (Wildman–Crippen LogP) is 2.29. The number of aromatic nitrogens is 4. The molecular weight excluding hydrogens is 300 g/mol. The van der Waals surface area contributed by atoms with Crippen LogP contribution in [0.15, 0.2) is 30.5 Å². The van der Waals surface area contributed by atoms with Gasteiger partial charge in [-0.25, -0.2) is 4.98 Å². The highest BCUT2D eigenvalue weighted by Crippen LogP contribution is 2.27. The maximum atomic E-state index is 4.55. The van der Waals surface area contributed by atoms with Crippen LogP contribution in [0.4, 0.5) is 5.69 Å². The summed E-state index contributed by atoms with van der Waals surface area (Å²) in [5.41, 5.74) is 3.62. The van der Waals surface area contributed by atoms with E-state index in [0.29, 0.717) is 0 Å². The molecule has 3 heterocycles. The van der Waals surface area contributed by atoms with Crippen LogP contribution in [-0.4, -0.2) is 51.2 Å². The van der Waals surface area contributed by atoms with Crippen molar-refractivity contribution < 1.29 is 0 Å². The van der Waals surface area contributed by atoms with Crippen molar-refractivity contribution in [1.29, 1.82) is 0 Å². The Balaban J connectivity index is 1.49. The third kappa shape index (κ3) is 2.85.